The Labute approximate surface area is 143 Å². The van der Waals surface area contributed by atoms with Crippen molar-refractivity contribution in [2.75, 3.05) is 6.54 Å². The lowest BCUT2D eigenvalue weighted by molar-refractivity contribution is 0.169. The Morgan fingerprint density at radius 1 is 1.08 bits per heavy atom. The third-order valence-electron chi connectivity index (χ3n) is 6.91. The molecule has 3 aromatic rings. The average molecular weight is 319 g/mol. The molecule has 24 heavy (non-hydrogen) atoms. The summed E-state index contributed by atoms with van der Waals surface area (Å²) in [6.45, 7) is 10.8. The normalized spacial score (nSPS) is 31.3. The van der Waals surface area contributed by atoms with Crippen LogP contribution in [0, 0.1) is 12.8 Å². The molecule has 4 atom stereocenters. The fourth-order valence-electron chi connectivity index (χ4n) is 5.77. The van der Waals surface area contributed by atoms with E-state index in [0.717, 1.165) is 11.2 Å². The Hall–Kier alpha value is -1.80. The summed E-state index contributed by atoms with van der Waals surface area (Å²) in [5, 5.41) is 2.51. The van der Waals surface area contributed by atoms with Crippen molar-refractivity contribution in [3.8, 4) is 0 Å². The van der Waals surface area contributed by atoms with E-state index in [0.29, 0.717) is 23.4 Å². The second kappa shape index (κ2) is 4.64. The number of para-hydroxylation sites is 1. The van der Waals surface area contributed by atoms with Gasteiger partial charge >= 0.3 is 0 Å². The largest absolute Gasteiger partial charge is 0.456 e. The van der Waals surface area contributed by atoms with Crippen LogP contribution in [0.2, 0.25) is 0 Å². The molecule has 124 valence electrons. The van der Waals surface area contributed by atoms with E-state index in [1.54, 1.807) is 0 Å². The monoisotopic (exact) mass is 319 g/mol. The Bertz CT molecular complexity index is 951. The molecule has 3 heterocycles. The number of fused-ring (bicyclic) bond motifs is 5. The van der Waals surface area contributed by atoms with Crippen LogP contribution in [0.25, 0.3) is 21.9 Å². The highest BCUT2D eigenvalue weighted by Gasteiger charge is 2.56. The van der Waals surface area contributed by atoms with Gasteiger partial charge in [-0.1, -0.05) is 30.3 Å². The quantitative estimate of drug-likeness (QED) is 0.590. The third kappa shape index (κ3) is 1.65. The molecule has 2 nitrogen and oxygen atoms in total. The predicted molar refractivity (Wildman–Crippen MR) is 99.6 cm³/mol. The molecule has 0 aliphatic carbocycles. The second-order valence-corrected chi connectivity index (χ2v) is 8.28. The summed E-state index contributed by atoms with van der Waals surface area (Å²) in [5.41, 5.74) is 5.26. The van der Waals surface area contributed by atoms with Gasteiger partial charge in [0.2, 0.25) is 0 Å². The zero-order valence-electron chi connectivity index (χ0n) is 15.0. The van der Waals surface area contributed by atoms with Gasteiger partial charge in [0.15, 0.2) is 0 Å². The molecule has 0 radical (unpaired) electrons. The van der Waals surface area contributed by atoms with Crippen LogP contribution >= 0.6 is 0 Å². The fourth-order valence-corrected chi connectivity index (χ4v) is 5.77. The molecule has 2 saturated heterocycles. The van der Waals surface area contributed by atoms with Gasteiger partial charge < -0.3 is 4.42 Å². The predicted octanol–water partition coefficient (Wildman–Crippen LogP) is 5.48. The number of hydrogen-bond donors (Lipinski definition) is 0. The summed E-state index contributed by atoms with van der Waals surface area (Å²) in [7, 11) is 0. The number of benzene rings is 2. The maximum atomic E-state index is 6.38. The summed E-state index contributed by atoms with van der Waals surface area (Å²) in [6.07, 6.45) is 1.30. The second-order valence-electron chi connectivity index (χ2n) is 8.28. The van der Waals surface area contributed by atoms with Crippen molar-refractivity contribution >= 4 is 21.9 Å². The van der Waals surface area contributed by atoms with E-state index in [2.05, 4.69) is 69.0 Å². The van der Waals surface area contributed by atoms with Gasteiger partial charge in [-0.05, 0) is 58.2 Å². The van der Waals surface area contributed by atoms with Crippen molar-refractivity contribution in [2.24, 2.45) is 5.92 Å². The van der Waals surface area contributed by atoms with Gasteiger partial charge in [0.25, 0.3) is 0 Å². The van der Waals surface area contributed by atoms with Gasteiger partial charge in [-0.3, -0.25) is 4.90 Å². The van der Waals surface area contributed by atoms with Crippen molar-refractivity contribution in [3.05, 3.63) is 47.5 Å². The standard InChI is InChI=1S/C22H25NO/c1-13-9-10-16-15-7-5-6-8-18(15)24-21(16)19(13)20-14(2)23-12-11-17(20)22(23,3)4/h5-10,14,17,20H,11-12H2,1-4H3. The van der Waals surface area contributed by atoms with Gasteiger partial charge in [-0.15, -0.1) is 0 Å². The van der Waals surface area contributed by atoms with E-state index in [9.17, 15) is 0 Å². The minimum atomic E-state index is 0.296. The van der Waals surface area contributed by atoms with Gasteiger partial charge in [0.05, 0.1) is 0 Å². The van der Waals surface area contributed by atoms with E-state index in [1.165, 1.54) is 34.9 Å². The van der Waals surface area contributed by atoms with E-state index in [1.807, 2.05) is 0 Å². The first-order valence-corrected chi connectivity index (χ1v) is 9.17. The van der Waals surface area contributed by atoms with Crippen LogP contribution in [0.4, 0.5) is 0 Å². The number of piperidine rings is 1. The zero-order valence-corrected chi connectivity index (χ0v) is 15.0. The average Bonchev–Trinajstić information content (AvgIpc) is 3.12. The van der Waals surface area contributed by atoms with Crippen LogP contribution in [0.3, 0.4) is 0 Å². The first-order chi connectivity index (χ1) is 11.5. The van der Waals surface area contributed by atoms with E-state index in [-0.39, 0.29) is 0 Å². The molecule has 0 N–H and O–H groups in total. The highest BCUT2D eigenvalue weighted by Crippen LogP contribution is 2.56. The molecule has 2 heteroatoms. The SMILES string of the molecule is Cc1ccc2c(oc3ccccc32)c1C1C(C)N2CCC1C2(C)C. The maximum absolute atomic E-state index is 6.38. The molecular weight excluding hydrogens is 294 g/mol. The molecule has 0 amide bonds. The summed E-state index contributed by atoms with van der Waals surface area (Å²) in [5.74, 6) is 1.28. The highest BCUT2D eigenvalue weighted by atomic mass is 16.3. The number of hydrogen-bond acceptors (Lipinski definition) is 2. The Morgan fingerprint density at radius 3 is 2.62 bits per heavy atom. The summed E-state index contributed by atoms with van der Waals surface area (Å²) in [6, 6.07) is 13.5. The van der Waals surface area contributed by atoms with Crippen molar-refractivity contribution in [2.45, 2.75) is 51.6 Å². The molecule has 5 rings (SSSR count). The van der Waals surface area contributed by atoms with Crippen LogP contribution in [-0.4, -0.2) is 23.0 Å². The molecule has 4 unspecified atom stereocenters. The van der Waals surface area contributed by atoms with Crippen LogP contribution in [-0.2, 0) is 0 Å². The van der Waals surface area contributed by atoms with Gasteiger partial charge in [0.1, 0.15) is 11.2 Å². The van der Waals surface area contributed by atoms with Crippen molar-refractivity contribution in [3.63, 3.8) is 0 Å². The zero-order chi connectivity index (χ0) is 16.6. The smallest absolute Gasteiger partial charge is 0.139 e. The van der Waals surface area contributed by atoms with Gasteiger partial charge in [0, 0.05) is 33.8 Å². The summed E-state index contributed by atoms with van der Waals surface area (Å²) >= 11 is 0. The number of furan rings is 1. The van der Waals surface area contributed by atoms with Crippen LogP contribution in [0.1, 0.15) is 44.2 Å². The van der Waals surface area contributed by atoms with Crippen molar-refractivity contribution in [1.82, 2.24) is 4.90 Å². The van der Waals surface area contributed by atoms with E-state index < -0.39 is 0 Å². The number of nitrogens with zero attached hydrogens (tertiary/aromatic N) is 1. The topological polar surface area (TPSA) is 16.4 Å². The molecule has 0 spiro atoms. The number of aryl methyl sites for hydroxylation is 1. The fraction of sp³-hybridized carbons (Fsp3) is 0.455. The Balaban J connectivity index is 1.79. The molecular formula is C22H25NO. The highest BCUT2D eigenvalue weighted by molar-refractivity contribution is 6.06. The van der Waals surface area contributed by atoms with Crippen LogP contribution in [0.15, 0.2) is 40.8 Å². The molecule has 0 saturated carbocycles. The molecule has 2 fully saturated rings. The Kier molecular flexibility index (Phi) is 2.81. The lowest BCUT2D eigenvalue weighted by Gasteiger charge is -2.31. The molecule has 2 aromatic carbocycles. The molecule has 2 aliphatic rings. The van der Waals surface area contributed by atoms with Crippen molar-refractivity contribution in [1.29, 1.82) is 0 Å². The van der Waals surface area contributed by atoms with Gasteiger partial charge in [-0.25, -0.2) is 0 Å². The molecule has 2 aliphatic heterocycles. The minimum Gasteiger partial charge on any atom is -0.456 e. The first-order valence-electron chi connectivity index (χ1n) is 9.17. The maximum Gasteiger partial charge on any atom is 0.139 e. The van der Waals surface area contributed by atoms with Gasteiger partial charge in [-0.2, -0.15) is 0 Å². The minimum absolute atomic E-state index is 0.296. The first kappa shape index (κ1) is 14.5. The van der Waals surface area contributed by atoms with Crippen LogP contribution in [0.5, 0.6) is 0 Å². The van der Waals surface area contributed by atoms with Crippen molar-refractivity contribution < 1.29 is 4.42 Å². The lowest BCUT2D eigenvalue weighted by Crippen LogP contribution is -2.39. The third-order valence-corrected chi connectivity index (χ3v) is 6.91. The lowest BCUT2D eigenvalue weighted by atomic mass is 9.75. The van der Waals surface area contributed by atoms with E-state index >= 15 is 0 Å². The van der Waals surface area contributed by atoms with Crippen LogP contribution < -0.4 is 0 Å². The summed E-state index contributed by atoms with van der Waals surface area (Å²) < 4.78 is 6.38. The van der Waals surface area contributed by atoms with E-state index in [4.69, 9.17) is 4.42 Å². The molecule has 2 bridgehead atoms. The Morgan fingerprint density at radius 2 is 1.88 bits per heavy atom. The molecule has 1 aromatic heterocycles. The summed E-state index contributed by atoms with van der Waals surface area (Å²) in [4.78, 5) is 2.71. The number of rotatable bonds is 1.